The van der Waals surface area contributed by atoms with Gasteiger partial charge in [-0.3, -0.25) is 0 Å². The molecule has 0 aliphatic carbocycles. The molecule has 0 spiro atoms. The largest absolute Gasteiger partial charge is 0.384 e. The van der Waals surface area contributed by atoms with Gasteiger partial charge in [0.1, 0.15) is 5.82 Å². The second kappa shape index (κ2) is 5.46. The van der Waals surface area contributed by atoms with Crippen LogP contribution in [0.4, 0.5) is 5.82 Å². The Bertz CT molecular complexity index is 471. The lowest BCUT2D eigenvalue weighted by Gasteiger charge is -2.13. The van der Waals surface area contributed by atoms with E-state index >= 15 is 0 Å². The highest BCUT2D eigenvalue weighted by Gasteiger charge is 2.05. The van der Waals surface area contributed by atoms with E-state index in [0.29, 0.717) is 12.4 Å². The van der Waals surface area contributed by atoms with Crippen molar-refractivity contribution in [2.75, 3.05) is 5.73 Å². The lowest BCUT2D eigenvalue weighted by atomic mass is 10.1. The zero-order chi connectivity index (χ0) is 12.1. The van der Waals surface area contributed by atoms with Crippen LogP contribution < -0.4 is 5.73 Å². The molecule has 1 atom stereocenters. The van der Waals surface area contributed by atoms with Gasteiger partial charge in [-0.25, -0.2) is 4.98 Å². The van der Waals surface area contributed by atoms with Crippen molar-refractivity contribution in [3.8, 4) is 0 Å². The van der Waals surface area contributed by atoms with Crippen molar-refractivity contribution in [1.82, 2.24) is 4.98 Å². The average Bonchev–Trinajstić information content (AvgIpc) is 2.37. The highest BCUT2D eigenvalue weighted by molar-refractivity contribution is 5.31. The third-order valence-electron chi connectivity index (χ3n) is 2.61. The molecule has 1 aromatic heterocycles. The number of ether oxygens (including phenoxy) is 1. The van der Waals surface area contributed by atoms with Crippen LogP contribution in [0.25, 0.3) is 0 Å². The van der Waals surface area contributed by atoms with Gasteiger partial charge in [0.2, 0.25) is 0 Å². The Hall–Kier alpha value is -1.87. The SMILES string of the molecule is CC(OCc1ccnc(N)c1)c1ccccc1. The van der Waals surface area contributed by atoms with E-state index in [4.69, 9.17) is 10.5 Å². The van der Waals surface area contributed by atoms with Crippen molar-refractivity contribution in [1.29, 1.82) is 0 Å². The van der Waals surface area contributed by atoms with Gasteiger partial charge in [-0.15, -0.1) is 0 Å². The summed E-state index contributed by atoms with van der Waals surface area (Å²) in [4.78, 5) is 3.95. The number of nitrogen functional groups attached to an aromatic ring is 1. The molecule has 1 aromatic carbocycles. The molecular weight excluding hydrogens is 212 g/mol. The molecule has 88 valence electrons. The number of pyridine rings is 1. The summed E-state index contributed by atoms with van der Waals surface area (Å²) in [5, 5.41) is 0. The van der Waals surface area contributed by atoms with Gasteiger partial charge < -0.3 is 10.5 Å². The number of nitrogens with two attached hydrogens (primary N) is 1. The van der Waals surface area contributed by atoms with E-state index in [1.807, 2.05) is 37.3 Å². The molecule has 0 radical (unpaired) electrons. The van der Waals surface area contributed by atoms with E-state index in [1.165, 1.54) is 5.56 Å². The third-order valence-corrected chi connectivity index (χ3v) is 2.61. The van der Waals surface area contributed by atoms with Crippen molar-refractivity contribution in [2.24, 2.45) is 0 Å². The van der Waals surface area contributed by atoms with Crippen LogP contribution in [0.3, 0.4) is 0 Å². The van der Waals surface area contributed by atoms with E-state index in [0.717, 1.165) is 5.56 Å². The molecule has 3 nitrogen and oxygen atoms in total. The van der Waals surface area contributed by atoms with Crippen LogP contribution in [0.2, 0.25) is 0 Å². The fraction of sp³-hybridized carbons (Fsp3) is 0.214. The quantitative estimate of drug-likeness (QED) is 0.875. The molecule has 1 heterocycles. The summed E-state index contributed by atoms with van der Waals surface area (Å²) < 4.78 is 5.79. The van der Waals surface area contributed by atoms with Crippen LogP contribution in [0.15, 0.2) is 48.7 Å². The van der Waals surface area contributed by atoms with Crippen molar-refractivity contribution >= 4 is 5.82 Å². The molecule has 2 N–H and O–H groups in total. The molecule has 2 aromatic rings. The van der Waals surface area contributed by atoms with Gasteiger partial charge in [0.05, 0.1) is 12.7 Å². The second-order valence-corrected chi connectivity index (χ2v) is 3.95. The fourth-order valence-corrected chi connectivity index (χ4v) is 1.63. The maximum Gasteiger partial charge on any atom is 0.123 e. The van der Waals surface area contributed by atoms with Gasteiger partial charge in [0.25, 0.3) is 0 Å². The first-order valence-corrected chi connectivity index (χ1v) is 5.62. The summed E-state index contributed by atoms with van der Waals surface area (Å²) in [7, 11) is 0. The number of aromatic nitrogens is 1. The molecule has 0 aliphatic rings. The number of nitrogens with zero attached hydrogens (tertiary/aromatic N) is 1. The Morgan fingerprint density at radius 3 is 2.71 bits per heavy atom. The minimum atomic E-state index is 0.0746. The minimum Gasteiger partial charge on any atom is -0.384 e. The minimum absolute atomic E-state index is 0.0746. The number of hydrogen-bond acceptors (Lipinski definition) is 3. The second-order valence-electron chi connectivity index (χ2n) is 3.95. The van der Waals surface area contributed by atoms with Gasteiger partial charge in [-0.2, -0.15) is 0 Å². The number of benzene rings is 1. The highest BCUT2D eigenvalue weighted by Crippen LogP contribution is 2.18. The molecule has 17 heavy (non-hydrogen) atoms. The Morgan fingerprint density at radius 1 is 1.24 bits per heavy atom. The molecule has 3 heteroatoms. The number of anilines is 1. The molecular formula is C14H16N2O. The van der Waals surface area contributed by atoms with Crippen LogP contribution in [0.5, 0.6) is 0 Å². The summed E-state index contributed by atoms with van der Waals surface area (Å²) in [6.07, 6.45) is 1.77. The predicted octanol–water partition coefficient (Wildman–Crippen LogP) is 2.94. The molecule has 0 fully saturated rings. The molecule has 0 saturated heterocycles. The average molecular weight is 228 g/mol. The lowest BCUT2D eigenvalue weighted by Crippen LogP contribution is -2.01. The van der Waals surface area contributed by atoms with E-state index in [-0.39, 0.29) is 6.10 Å². The Balaban J connectivity index is 1.95. The Labute approximate surface area is 101 Å². The maximum absolute atomic E-state index is 5.79. The normalized spacial score (nSPS) is 12.3. The standard InChI is InChI=1S/C14H16N2O/c1-11(13-5-3-2-4-6-13)17-10-12-7-8-16-14(15)9-12/h2-9,11H,10H2,1H3,(H2,15,16). The van der Waals surface area contributed by atoms with E-state index < -0.39 is 0 Å². The zero-order valence-electron chi connectivity index (χ0n) is 9.84. The van der Waals surface area contributed by atoms with Gasteiger partial charge in [-0.05, 0) is 30.2 Å². The van der Waals surface area contributed by atoms with Crippen LogP contribution in [-0.4, -0.2) is 4.98 Å². The van der Waals surface area contributed by atoms with Crippen molar-refractivity contribution in [3.63, 3.8) is 0 Å². The first kappa shape index (κ1) is 11.6. The predicted molar refractivity (Wildman–Crippen MR) is 68.3 cm³/mol. The van der Waals surface area contributed by atoms with Crippen LogP contribution in [0.1, 0.15) is 24.2 Å². The van der Waals surface area contributed by atoms with E-state index in [9.17, 15) is 0 Å². The summed E-state index contributed by atoms with van der Waals surface area (Å²) in [5.74, 6) is 0.526. The van der Waals surface area contributed by atoms with Crippen LogP contribution >= 0.6 is 0 Å². The molecule has 2 rings (SSSR count). The monoisotopic (exact) mass is 228 g/mol. The van der Waals surface area contributed by atoms with Gasteiger partial charge >= 0.3 is 0 Å². The molecule has 0 saturated carbocycles. The first-order chi connectivity index (χ1) is 8.25. The maximum atomic E-state index is 5.79. The van der Waals surface area contributed by atoms with Gasteiger partial charge in [0, 0.05) is 6.20 Å². The molecule has 0 aliphatic heterocycles. The van der Waals surface area contributed by atoms with E-state index in [2.05, 4.69) is 17.1 Å². The molecule has 0 amide bonds. The molecule has 0 bridgehead atoms. The first-order valence-electron chi connectivity index (χ1n) is 5.62. The summed E-state index contributed by atoms with van der Waals surface area (Å²) >= 11 is 0. The summed E-state index contributed by atoms with van der Waals surface area (Å²) in [5.41, 5.74) is 7.83. The summed E-state index contributed by atoms with van der Waals surface area (Å²) in [6.45, 7) is 2.59. The van der Waals surface area contributed by atoms with Gasteiger partial charge in [0.15, 0.2) is 0 Å². The number of hydrogen-bond donors (Lipinski definition) is 1. The van der Waals surface area contributed by atoms with Crippen LogP contribution in [0, 0.1) is 0 Å². The summed E-state index contributed by atoms with van der Waals surface area (Å²) in [6, 6.07) is 13.9. The van der Waals surface area contributed by atoms with Crippen molar-refractivity contribution in [3.05, 3.63) is 59.8 Å². The molecule has 1 unspecified atom stereocenters. The Morgan fingerprint density at radius 2 is 2.00 bits per heavy atom. The highest BCUT2D eigenvalue weighted by atomic mass is 16.5. The topological polar surface area (TPSA) is 48.1 Å². The number of rotatable bonds is 4. The van der Waals surface area contributed by atoms with Gasteiger partial charge in [-0.1, -0.05) is 30.3 Å². The van der Waals surface area contributed by atoms with E-state index in [1.54, 1.807) is 6.20 Å². The van der Waals surface area contributed by atoms with Crippen LogP contribution in [-0.2, 0) is 11.3 Å². The zero-order valence-corrected chi connectivity index (χ0v) is 9.84. The lowest BCUT2D eigenvalue weighted by molar-refractivity contribution is 0.0525. The van der Waals surface area contributed by atoms with Crippen molar-refractivity contribution < 1.29 is 4.74 Å². The third kappa shape index (κ3) is 3.29. The Kier molecular flexibility index (Phi) is 3.73. The van der Waals surface area contributed by atoms with Crippen molar-refractivity contribution in [2.45, 2.75) is 19.6 Å². The smallest absolute Gasteiger partial charge is 0.123 e. The fourth-order valence-electron chi connectivity index (χ4n) is 1.63.